The van der Waals surface area contributed by atoms with E-state index >= 15 is 0 Å². The average Bonchev–Trinajstić information content (AvgIpc) is 3.00. The van der Waals surface area contributed by atoms with Crippen LogP contribution in [0.3, 0.4) is 0 Å². The summed E-state index contributed by atoms with van der Waals surface area (Å²) in [7, 11) is 0. The van der Waals surface area contributed by atoms with E-state index < -0.39 is 11.5 Å². The molecular formula is C19H16N2O3. The minimum absolute atomic E-state index is 0.206. The third kappa shape index (κ3) is 2.09. The van der Waals surface area contributed by atoms with Gasteiger partial charge < -0.3 is 15.0 Å². The molecule has 0 bridgehead atoms. The maximum atomic E-state index is 12.7. The monoisotopic (exact) mass is 320 g/mol. The van der Waals surface area contributed by atoms with Crippen LogP contribution in [-0.4, -0.2) is 15.6 Å². The normalized spacial score (nSPS) is 12.5. The Hall–Kier alpha value is -3.08. The summed E-state index contributed by atoms with van der Waals surface area (Å²) in [6, 6.07) is 12.8. The lowest BCUT2D eigenvalue weighted by molar-refractivity contribution is 0.102. The Morgan fingerprint density at radius 1 is 1.17 bits per heavy atom. The summed E-state index contributed by atoms with van der Waals surface area (Å²) in [6.07, 6.45) is 0.731. The number of para-hydroxylation sites is 1. The van der Waals surface area contributed by atoms with Crippen LogP contribution >= 0.6 is 0 Å². The molecule has 1 aliphatic rings. The van der Waals surface area contributed by atoms with Gasteiger partial charge in [0.2, 0.25) is 0 Å². The topological polar surface area (TPSA) is 71.3 Å². The fourth-order valence-electron chi connectivity index (χ4n) is 3.26. The second kappa shape index (κ2) is 5.23. The van der Waals surface area contributed by atoms with Gasteiger partial charge in [0.1, 0.15) is 11.3 Å². The molecule has 1 aromatic heterocycles. The molecule has 4 rings (SSSR count). The Morgan fingerprint density at radius 3 is 2.67 bits per heavy atom. The molecule has 0 fully saturated rings. The number of carbonyl (C=O) groups excluding carboxylic acids is 1. The second-order valence-electron chi connectivity index (χ2n) is 6.06. The van der Waals surface area contributed by atoms with Crippen LogP contribution in [0.15, 0.2) is 47.3 Å². The first-order valence-corrected chi connectivity index (χ1v) is 7.81. The van der Waals surface area contributed by atoms with Crippen LogP contribution in [0.25, 0.3) is 10.9 Å². The van der Waals surface area contributed by atoms with Gasteiger partial charge in [-0.3, -0.25) is 9.59 Å². The predicted molar refractivity (Wildman–Crippen MR) is 92.7 cm³/mol. The number of nitrogens with one attached hydrogen (secondary N) is 1. The SMILES string of the molecule is Cc1ccc(NC(=O)c2c(O)c3cccc4c3n(c2=O)CC4)cc1. The standard InChI is InChI=1S/C19H16N2O3/c1-11-5-7-13(8-6-11)20-18(23)15-17(22)14-4-2-3-12-9-10-21(16(12)14)19(15)24/h2-8,22H,9-10H2,1H3,(H,20,23). The number of pyridine rings is 1. The number of hydrogen-bond donors (Lipinski definition) is 2. The zero-order chi connectivity index (χ0) is 16.8. The van der Waals surface area contributed by atoms with Gasteiger partial charge >= 0.3 is 0 Å². The number of aryl methyl sites for hydroxylation is 3. The zero-order valence-corrected chi connectivity index (χ0v) is 13.2. The first-order chi connectivity index (χ1) is 11.6. The summed E-state index contributed by atoms with van der Waals surface area (Å²) >= 11 is 0. The molecule has 5 nitrogen and oxygen atoms in total. The maximum absolute atomic E-state index is 12.7. The molecule has 0 saturated heterocycles. The number of benzene rings is 2. The number of rotatable bonds is 2. The lowest BCUT2D eigenvalue weighted by Crippen LogP contribution is -2.28. The molecule has 0 atom stereocenters. The van der Waals surface area contributed by atoms with Crippen LogP contribution in [0.2, 0.25) is 0 Å². The number of anilines is 1. The Morgan fingerprint density at radius 2 is 1.92 bits per heavy atom. The largest absolute Gasteiger partial charge is 0.506 e. The van der Waals surface area contributed by atoms with E-state index in [9.17, 15) is 14.7 Å². The molecule has 2 aromatic carbocycles. The number of carbonyl (C=O) groups is 1. The Balaban J connectivity index is 1.84. The molecule has 0 spiro atoms. The minimum Gasteiger partial charge on any atom is -0.506 e. The van der Waals surface area contributed by atoms with E-state index in [1.807, 2.05) is 31.2 Å². The van der Waals surface area contributed by atoms with Crippen LogP contribution in [0, 0.1) is 6.92 Å². The van der Waals surface area contributed by atoms with E-state index in [1.165, 1.54) is 0 Å². The summed E-state index contributed by atoms with van der Waals surface area (Å²) in [5.74, 6) is -0.844. The van der Waals surface area contributed by atoms with Crippen LogP contribution < -0.4 is 10.9 Å². The van der Waals surface area contributed by atoms with Gasteiger partial charge in [0, 0.05) is 17.6 Å². The van der Waals surface area contributed by atoms with Crippen molar-refractivity contribution >= 4 is 22.5 Å². The quantitative estimate of drug-likeness (QED) is 0.763. The van der Waals surface area contributed by atoms with Gasteiger partial charge in [-0.05, 0) is 37.1 Å². The highest BCUT2D eigenvalue weighted by Gasteiger charge is 2.25. The van der Waals surface area contributed by atoms with Crippen molar-refractivity contribution in [2.75, 3.05) is 5.32 Å². The predicted octanol–water partition coefficient (Wildman–Crippen LogP) is 2.82. The van der Waals surface area contributed by atoms with Crippen molar-refractivity contribution in [3.05, 3.63) is 69.5 Å². The lowest BCUT2D eigenvalue weighted by atomic mass is 10.1. The van der Waals surface area contributed by atoms with Crippen LogP contribution in [0.5, 0.6) is 5.75 Å². The smallest absolute Gasteiger partial charge is 0.267 e. The summed E-state index contributed by atoms with van der Waals surface area (Å²) in [5, 5.41) is 13.8. The van der Waals surface area contributed by atoms with Gasteiger partial charge in [-0.15, -0.1) is 0 Å². The van der Waals surface area contributed by atoms with E-state index in [1.54, 1.807) is 22.8 Å². The summed E-state index contributed by atoms with van der Waals surface area (Å²) in [6.45, 7) is 2.48. The molecule has 1 amide bonds. The molecule has 0 unspecified atom stereocenters. The lowest BCUT2D eigenvalue weighted by Gasteiger charge is -2.11. The molecular weight excluding hydrogens is 304 g/mol. The number of aromatic hydroxyl groups is 1. The van der Waals surface area contributed by atoms with Gasteiger partial charge in [-0.2, -0.15) is 0 Å². The fraction of sp³-hybridized carbons (Fsp3) is 0.158. The molecule has 0 saturated carbocycles. The van der Waals surface area contributed by atoms with Crippen molar-refractivity contribution in [2.24, 2.45) is 0 Å². The van der Waals surface area contributed by atoms with Gasteiger partial charge in [0.05, 0.1) is 5.52 Å². The molecule has 2 N–H and O–H groups in total. The molecule has 120 valence electrons. The van der Waals surface area contributed by atoms with Gasteiger partial charge in [-0.1, -0.05) is 29.8 Å². The van der Waals surface area contributed by atoms with E-state index in [0.717, 1.165) is 23.1 Å². The maximum Gasteiger partial charge on any atom is 0.267 e. The van der Waals surface area contributed by atoms with Gasteiger partial charge in [0.25, 0.3) is 11.5 Å². The third-order valence-electron chi connectivity index (χ3n) is 4.48. The third-order valence-corrected chi connectivity index (χ3v) is 4.48. The first kappa shape index (κ1) is 14.5. The van der Waals surface area contributed by atoms with Crippen molar-refractivity contribution in [2.45, 2.75) is 19.9 Å². The van der Waals surface area contributed by atoms with Crippen LogP contribution in [-0.2, 0) is 13.0 Å². The van der Waals surface area contributed by atoms with Crippen molar-refractivity contribution in [3.8, 4) is 5.75 Å². The summed E-state index contributed by atoms with van der Waals surface area (Å²) in [5.41, 5.74) is 2.75. The van der Waals surface area contributed by atoms with Crippen molar-refractivity contribution in [1.29, 1.82) is 0 Å². The minimum atomic E-state index is -0.593. The highest BCUT2D eigenvalue weighted by molar-refractivity contribution is 6.09. The number of aromatic nitrogens is 1. The highest BCUT2D eigenvalue weighted by Crippen LogP contribution is 2.32. The molecule has 3 aromatic rings. The number of hydrogen-bond acceptors (Lipinski definition) is 3. The number of amides is 1. The van der Waals surface area contributed by atoms with Gasteiger partial charge in [0.15, 0.2) is 0 Å². The van der Waals surface area contributed by atoms with Crippen molar-refractivity contribution in [1.82, 2.24) is 4.57 Å². The fourth-order valence-corrected chi connectivity index (χ4v) is 3.26. The molecule has 2 heterocycles. The molecule has 5 heteroatoms. The van der Waals surface area contributed by atoms with Gasteiger partial charge in [-0.25, -0.2) is 0 Å². The van der Waals surface area contributed by atoms with Crippen LogP contribution in [0.1, 0.15) is 21.5 Å². The van der Waals surface area contributed by atoms with Crippen molar-refractivity contribution in [3.63, 3.8) is 0 Å². The Labute approximate surface area is 138 Å². The average molecular weight is 320 g/mol. The summed E-state index contributed by atoms with van der Waals surface area (Å²) in [4.78, 5) is 25.3. The van der Waals surface area contributed by atoms with Crippen LogP contribution in [0.4, 0.5) is 5.69 Å². The van der Waals surface area contributed by atoms with Crippen molar-refractivity contribution < 1.29 is 9.90 Å². The molecule has 24 heavy (non-hydrogen) atoms. The van der Waals surface area contributed by atoms with E-state index in [0.29, 0.717) is 17.6 Å². The zero-order valence-electron chi connectivity index (χ0n) is 13.2. The molecule has 0 aliphatic carbocycles. The second-order valence-corrected chi connectivity index (χ2v) is 6.06. The number of nitrogens with zero attached hydrogens (tertiary/aromatic N) is 1. The van der Waals surface area contributed by atoms with E-state index in [-0.39, 0.29) is 11.3 Å². The molecule has 0 radical (unpaired) electrons. The Bertz CT molecular complexity index is 1030. The van der Waals surface area contributed by atoms with E-state index in [2.05, 4.69) is 5.32 Å². The Kier molecular flexibility index (Phi) is 3.16. The molecule has 1 aliphatic heterocycles. The first-order valence-electron chi connectivity index (χ1n) is 7.81. The summed E-state index contributed by atoms with van der Waals surface area (Å²) < 4.78 is 1.58. The highest BCUT2D eigenvalue weighted by atomic mass is 16.3. The van der Waals surface area contributed by atoms with E-state index in [4.69, 9.17) is 0 Å².